The first kappa shape index (κ1) is 15.1. The number of aliphatic carboxylic acids is 1. The fourth-order valence-electron chi connectivity index (χ4n) is 3.45. The Hall–Kier alpha value is -2.83. The normalized spacial score (nSPS) is 27.7. The number of phenolic OH excluding ortho intramolecular Hbond substituents is 1. The van der Waals surface area contributed by atoms with Crippen LogP contribution in [0.25, 0.3) is 0 Å². The highest BCUT2D eigenvalue weighted by Gasteiger charge is 2.51. The zero-order chi connectivity index (χ0) is 16.6. The number of hydrogen-bond donors (Lipinski definition) is 4. The van der Waals surface area contributed by atoms with Crippen molar-refractivity contribution >= 4 is 17.8 Å². The number of carboxylic acid groups (broad SMARTS) is 1. The van der Waals surface area contributed by atoms with Gasteiger partial charge in [0, 0.05) is 0 Å². The fourth-order valence-corrected chi connectivity index (χ4v) is 3.45. The van der Waals surface area contributed by atoms with E-state index in [1.54, 1.807) is 12.1 Å². The molecule has 1 saturated carbocycles. The topological polar surface area (TPSA) is 116 Å². The number of carbonyl (C=O) groups is 3. The zero-order valence-electron chi connectivity index (χ0n) is 12.1. The van der Waals surface area contributed by atoms with E-state index in [2.05, 4.69) is 10.9 Å². The van der Waals surface area contributed by atoms with Gasteiger partial charge in [-0.05, 0) is 30.4 Å². The zero-order valence-corrected chi connectivity index (χ0v) is 12.1. The van der Waals surface area contributed by atoms with Gasteiger partial charge < -0.3 is 10.2 Å². The molecule has 2 aliphatic carbocycles. The lowest BCUT2D eigenvalue weighted by Gasteiger charge is -2.23. The van der Waals surface area contributed by atoms with Crippen molar-refractivity contribution in [2.24, 2.45) is 23.7 Å². The second kappa shape index (κ2) is 5.75. The molecule has 3 rings (SSSR count). The summed E-state index contributed by atoms with van der Waals surface area (Å²) in [5, 5.41) is 18.9. The summed E-state index contributed by atoms with van der Waals surface area (Å²) in [5.74, 6) is -4.14. The van der Waals surface area contributed by atoms with Crippen LogP contribution in [0, 0.1) is 23.7 Å². The van der Waals surface area contributed by atoms with Crippen molar-refractivity contribution in [2.45, 2.75) is 6.42 Å². The molecule has 4 N–H and O–H groups in total. The van der Waals surface area contributed by atoms with Gasteiger partial charge in [0.05, 0.1) is 17.4 Å². The Morgan fingerprint density at radius 3 is 2.30 bits per heavy atom. The van der Waals surface area contributed by atoms with E-state index in [4.69, 9.17) is 0 Å². The molecule has 0 spiro atoms. The SMILES string of the molecule is O=C(NNC(=O)[C@@H]1[C@@H](C(=O)O)[C@H]2C=C[C@@H]1C2)c1ccccc1O. The number of para-hydroxylation sites is 1. The summed E-state index contributed by atoms with van der Waals surface area (Å²) < 4.78 is 0. The largest absolute Gasteiger partial charge is 0.507 e. The molecule has 4 atom stereocenters. The number of fused-ring (bicyclic) bond motifs is 2. The highest BCUT2D eigenvalue weighted by atomic mass is 16.4. The minimum absolute atomic E-state index is 0.0235. The molecule has 0 heterocycles. The van der Waals surface area contributed by atoms with Gasteiger partial charge >= 0.3 is 5.97 Å². The van der Waals surface area contributed by atoms with E-state index in [9.17, 15) is 24.6 Å². The van der Waals surface area contributed by atoms with E-state index in [1.807, 2.05) is 12.2 Å². The molecule has 7 nitrogen and oxygen atoms in total. The molecule has 0 saturated heterocycles. The predicted octanol–water partition coefficient (Wildman–Crippen LogP) is 0.676. The van der Waals surface area contributed by atoms with E-state index in [-0.39, 0.29) is 23.1 Å². The van der Waals surface area contributed by atoms with Gasteiger partial charge in [0.1, 0.15) is 5.75 Å². The summed E-state index contributed by atoms with van der Waals surface area (Å²) in [4.78, 5) is 35.6. The maximum atomic E-state index is 12.3. The van der Waals surface area contributed by atoms with E-state index < -0.39 is 29.6 Å². The second-order valence-corrected chi connectivity index (χ2v) is 5.80. The van der Waals surface area contributed by atoms with E-state index in [0.717, 1.165) is 0 Å². The third-order valence-corrected chi connectivity index (χ3v) is 4.50. The van der Waals surface area contributed by atoms with Crippen molar-refractivity contribution in [3.63, 3.8) is 0 Å². The highest BCUT2D eigenvalue weighted by Crippen LogP contribution is 2.48. The van der Waals surface area contributed by atoms with Crippen molar-refractivity contribution in [1.82, 2.24) is 10.9 Å². The van der Waals surface area contributed by atoms with Crippen LogP contribution in [0.15, 0.2) is 36.4 Å². The molecular weight excluding hydrogens is 300 g/mol. The first-order chi connectivity index (χ1) is 11.0. The van der Waals surface area contributed by atoms with Crippen LogP contribution in [-0.4, -0.2) is 28.0 Å². The van der Waals surface area contributed by atoms with Crippen molar-refractivity contribution in [3.05, 3.63) is 42.0 Å². The van der Waals surface area contributed by atoms with Gasteiger partial charge in [-0.25, -0.2) is 0 Å². The van der Waals surface area contributed by atoms with Gasteiger partial charge in [0.15, 0.2) is 0 Å². The molecule has 23 heavy (non-hydrogen) atoms. The van der Waals surface area contributed by atoms with Gasteiger partial charge in [-0.15, -0.1) is 0 Å². The van der Waals surface area contributed by atoms with Crippen molar-refractivity contribution in [1.29, 1.82) is 0 Å². The molecule has 1 aromatic rings. The standard InChI is InChI=1S/C16H16N2O5/c19-11-4-2-1-3-10(11)14(20)17-18-15(21)12-8-5-6-9(7-8)13(12)16(22)23/h1-6,8-9,12-13,19H,7H2,(H,17,20)(H,18,21)(H,22,23)/t8-,9+,12+,13+/m1/s1. The molecule has 120 valence electrons. The lowest BCUT2D eigenvalue weighted by Crippen LogP contribution is -2.48. The number of carboxylic acids is 1. The fraction of sp³-hybridized carbons (Fsp3) is 0.312. The average molecular weight is 316 g/mol. The molecule has 0 radical (unpaired) electrons. The number of hydrogen-bond acceptors (Lipinski definition) is 4. The molecule has 1 fully saturated rings. The minimum atomic E-state index is -1.01. The molecule has 0 unspecified atom stereocenters. The summed E-state index contributed by atoms with van der Waals surface area (Å²) in [6, 6.07) is 5.93. The lowest BCUT2D eigenvalue weighted by molar-refractivity contribution is -0.148. The van der Waals surface area contributed by atoms with E-state index in [0.29, 0.717) is 6.42 Å². The molecule has 2 bridgehead atoms. The van der Waals surface area contributed by atoms with Crippen LogP contribution in [0.5, 0.6) is 5.75 Å². The molecule has 0 aromatic heterocycles. The Bertz CT molecular complexity index is 699. The van der Waals surface area contributed by atoms with Crippen LogP contribution in [0.2, 0.25) is 0 Å². The number of allylic oxidation sites excluding steroid dienone is 2. The summed E-state index contributed by atoms with van der Waals surface area (Å²) >= 11 is 0. The molecular formula is C16H16N2O5. The first-order valence-corrected chi connectivity index (χ1v) is 7.28. The van der Waals surface area contributed by atoms with Crippen molar-refractivity contribution in [3.8, 4) is 5.75 Å². The quantitative estimate of drug-likeness (QED) is 0.483. The summed E-state index contributed by atoms with van der Waals surface area (Å²) in [7, 11) is 0. The van der Waals surface area contributed by atoms with Crippen LogP contribution in [0.4, 0.5) is 0 Å². The number of aromatic hydroxyl groups is 1. The first-order valence-electron chi connectivity index (χ1n) is 7.28. The Labute approximate surface area is 132 Å². The van der Waals surface area contributed by atoms with Gasteiger partial charge in [-0.3, -0.25) is 25.2 Å². The number of amides is 2. The van der Waals surface area contributed by atoms with Crippen LogP contribution in [0.3, 0.4) is 0 Å². The molecule has 1 aromatic carbocycles. The molecule has 0 aliphatic heterocycles. The number of phenols is 1. The van der Waals surface area contributed by atoms with Crippen LogP contribution < -0.4 is 10.9 Å². The van der Waals surface area contributed by atoms with Crippen molar-refractivity contribution < 1.29 is 24.6 Å². The van der Waals surface area contributed by atoms with Crippen LogP contribution in [-0.2, 0) is 9.59 Å². The number of rotatable bonds is 3. The monoisotopic (exact) mass is 316 g/mol. The third kappa shape index (κ3) is 2.65. The Morgan fingerprint density at radius 1 is 1.00 bits per heavy atom. The summed E-state index contributed by atoms with van der Waals surface area (Å²) in [6.45, 7) is 0. The lowest BCUT2D eigenvalue weighted by atomic mass is 9.82. The summed E-state index contributed by atoms with van der Waals surface area (Å²) in [5.41, 5.74) is 4.52. The van der Waals surface area contributed by atoms with Crippen LogP contribution in [0.1, 0.15) is 16.8 Å². The summed E-state index contributed by atoms with van der Waals surface area (Å²) in [6.07, 6.45) is 4.34. The highest BCUT2D eigenvalue weighted by molar-refractivity contribution is 5.98. The Balaban J connectivity index is 1.66. The molecule has 2 amide bonds. The van der Waals surface area contributed by atoms with Crippen molar-refractivity contribution in [2.75, 3.05) is 0 Å². The molecule has 7 heteroatoms. The third-order valence-electron chi connectivity index (χ3n) is 4.50. The smallest absolute Gasteiger partial charge is 0.307 e. The Morgan fingerprint density at radius 2 is 1.65 bits per heavy atom. The number of nitrogens with one attached hydrogen (secondary N) is 2. The van der Waals surface area contributed by atoms with Crippen LogP contribution >= 0.6 is 0 Å². The van der Waals surface area contributed by atoms with Gasteiger partial charge in [-0.1, -0.05) is 24.3 Å². The predicted molar refractivity (Wildman–Crippen MR) is 79.1 cm³/mol. The van der Waals surface area contributed by atoms with Gasteiger partial charge in [0.25, 0.3) is 5.91 Å². The number of carbonyl (C=O) groups excluding carboxylic acids is 2. The van der Waals surface area contributed by atoms with Gasteiger partial charge in [0.2, 0.25) is 5.91 Å². The Kier molecular flexibility index (Phi) is 3.77. The molecule has 2 aliphatic rings. The van der Waals surface area contributed by atoms with E-state index >= 15 is 0 Å². The maximum Gasteiger partial charge on any atom is 0.307 e. The minimum Gasteiger partial charge on any atom is -0.507 e. The second-order valence-electron chi connectivity index (χ2n) is 5.80. The van der Waals surface area contributed by atoms with E-state index in [1.165, 1.54) is 12.1 Å². The van der Waals surface area contributed by atoms with Gasteiger partial charge in [-0.2, -0.15) is 0 Å². The number of benzene rings is 1. The average Bonchev–Trinajstić information content (AvgIpc) is 3.13. The number of hydrazine groups is 1. The maximum absolute atomic E-state index is 12.3.